The molecule has 0 aliphatic carbocycles. The molecular formula is C22H28N2O3S. The fraction of sp³-hybridized carbons (Fsp3) is 0.409. The molecule has 150 valence electrons. The van der Waals surface area contributed by atoms with Crippen LogP contribution in [0.2, 0.25) is 0 Å². The molecule has 1 N–H and O–H groups in total. The van der Waals surface area contributed by atoms with E-state index in [1.54, 1.807) is 19.1 Å². The van der Waals surface area contributed by atoms with Gasteiger partial charge in [0.15, 0.2) is 0 Å². The van der Waals surface area contributed by atoms with Crippen molar-refractivity contribution in [2.45, 2.75) is 43.9 Å². The van der Waals surface area contributed by atoms with E-state index in [0.717, 1.165) is 24.8 Å². The quantitative estimate of drug-likeness (QED) is 0.804. The smallest absolute Gasteiger partial charge is 0.251 e. The summed E-state index contributed by atoms with van der Waals surface area (Å²) in [5.41, 5.74) is 2.20. The monoisotopic (exact) mass is 400 g/mol. The van der Waals surface area contributed by atoms with Gasteiger partial charge in [-0.3, -0.25) is 4.79 Å². The topological polar surface area (TPSA) is 66.5 Å². The number of hydrogen-bond acceptors (Lipinski definition) is 3. The van der Waals surface area contributed by atoms with Crippen molar-refractivity contribution in [3.05, 3.63) is 65.2 Å². The fourth-order valence-corrected chi connectivity index (χ4v) is 5.28. The molecule has 3 rings (SSSR count). The summed E-state index contributed by atoms with van der Waals surface area (Å²) in [6, 6.07) is 14.9. The molecule has 0 radical (unpaired) electrons. The largest absolute Gasteiger partial charge is 0.351 e. The maximum atomic E-state index is 13.0. The van der Waals surface area contributed by atoms with Gasteiger partial charge < -0.3 is 5.32 Å². The van der Waals surface area contributed by atoms with Gasteiger partial charge in [0.2, 0.25) is 10.0 Å². The fourth-order valence-electron chi connectivity index (χ4n) is 3.51. The summed E-state index contributed by atoms with van der Waals surface area (Å²) in [4.78, 5) is 12.9. The number of benzene rings is 2. The third-order valence-electron chi connectivity index (χ3n) is 5.32. The molecule has 0 bridgehead atoms. The number of carbonyl (C=O) groups excluding carboxylic acids is 1. The molecule has 1 aliphatic rings. The number of piperidine rings is 1. The number of sulfonamides is 1. The highest BCUT2D eigenvalue weighted by molar-refractivity contribution is 7.89. The minimum absolute atomic E-state index is 0.173. The van der Waals surface area contributed by atoms with Crippen LogP contribution in [0.25, 0.3) is 0 Å². The average molecular weight is 401 g/mol. The molecule has 1 atom stereocenters. The van der Waals surface area contributed by atoms with Crippen molar-refractivity contribution in [1.82, 2.24) is 9.62 Å². The van der Waals surface area contributed by atoms with Crippen molar-refractivity contribution in [2.24, 2.45) is 0 Å². The van der Waals surface area contributed by atoms with Gasteiger partial charge in [-0.05, 0) is 48.9 Å². The van der Waals surface area contributed by atoms with Crippen LogP contribution in [0.4, 0.5) is 0 Å². The van der Waals surface area contributed by atoms with Crippen LogP contribution >= 0.6 is 0 Å². The summed E-state index contributed by atoms with van der Waals surface area (Å²) < 4.78 is 27.6. The molecule has 0 spiro atoms. The Morgan fingerprint density at radius 2 is 1.75 bits per heavy atom. The second kappa shape index (κ2) is 8.88. The lowest BCUT2D eigenvalue weighted by Gasteiger charge is -2.26. The maximum absolute atomic E-state index is 13.0. The Bertz CT molecular complexity index is 920. The minimum Gasteiger partial charge on any atom is -0.351 e. The zero-order valence-corrected chi connectivity index (χ0v) is 17.3. The Kier molecular flexibility index (Phi) is 6.52. The van der Waals surface area contributed by atoms with Crippen LogP contribution in [-0.2, 0) is 10.0 Å². The van der Waals surface area contributed by atoms with Crippen molar-refractivity contribution in [3.8, 4) is 0 Å². The van der Waals surface area contributed by atoms with Crippen LogP contribution in [0.5, 0.6) is 0 Å². The summed E-state index contributed by atoms with van der Waals surface area (Å²) in [5, 5.41) is 2.93. The molecule has 5 nitrogen and oxygen atoms in total. The average Bonchev–Trinajstić information content (AvgIpc) is 2.73. The molecule has 0 unspecified atom stereocenters. The van der Waals surface area contributed by atoms with E-state index in [1.165, 1.54) is 10.4 Å². The number of carbonyl (C=O) groups is 1. The molecular weight excluding hydrogens is 372 g/mol. The van der Waals surface area contributed by atoms with Crippen LogP contribution in [-0.4, -0.2) is 38.3 Å². The molecule has 0 saturated carbocycles. The van der Waals surface area contributed by atoms with Gasteiger partial charge in [0.25, 0.3) is 5.91 Å². The van der Waals surface area contributed by atoms with Crippen molar-refractivity contribution in [1.29, 1.82) is 0 Å². The molecule has 28 heavy (non-hydrogen) atoms. The van der Waals surface area contributed by atoms with Crippen LogP contribution in [0.1, 0.15) is 53.6 Å². The van der Waals surface area contributed by atoms with E-state index < -0.39 is 10.0 Å². The maximum Gasteiger partial charge on any atom is 0.251 e. The third-order valence-corrected chi connectivity index (χ3v) is 7.36. The number of nitrogens with one attached hydrogen (secondary N) is 1. The van der Waals surface area contributed by atoms with Gasteiger partial charge in [-0.25, -0.2) is 8.42 Å². The van der Waals surface area contributed by atoms with Crippen LogP contribution < -0.4 is 5.32 Å². The Morgan fingerprint density at radius 3 is 2.43 bits per heavy atom. The summed E-state index contributed by atoms with van der Waals surface area (Å²) in [5.74, 6) is -0.0787. The summed E-state index contributed by atoms with van der Waals surface area (Å²) >= 11 is 0. The first-order valence-electron chi connectivity index (χ1n) is 9.83. The number of hydrogen-bond donors (Lipinski definition) is 1. The van der Waals surface area contributed by atoms with Crippen molar-refractivity contribution < 1.29 is 13.2 Å². The Labute approximate surface area is 167 Å². The van der Waals surface area contributed by atoms with E-state index in [4.69, 9.17) is 0 Å². The second-order valence-corrected chi connectivity index (χ2v) is 9.37. The molecule has 1 fully saturated rings. The van der Waals surface area contributed by atoms with Gasteiger partial charge in [0.05, 0.1) is 4.90 Å². The van der Waals surface area contributed by atoms with Gasteiger partial charge in [-0.2, -0.15) is 4.31 Å². The van der Waals surface area contributed by atoms with Gasteiger partial charge in [-0.15, -0.1) is 0 Å². The van der Waals surface area contributed by atoms with E-state index in [0.29, 0.717) is 30.8 Å². The van der Waals surface area contributed by atoms with E-state index in [1.807, 2.05) is 30.3 Å². The minimum atomic E-state index is -3.57. The number of aryl methyl sites for hydroxylation is 1. The van der Waals surface area contributed by atoms with Crippen LogP contribution in [0, 0.1) is 6.92 Å². The molecule has 1 heterocycles. The zero-order chi connectivity index (χ0) is 20.1. The third kappa shape index (κ3) is 4.62. The molecule has 6 heteroatoms. The lowest BCUT2D eigenvalue weighted by molar-refractivity contribution is 0.0951. The Hall–Kier alpha value is -2.18. The van der Waals surface area contributed by atoms with Crippen LogP contribution in [0.15, 0.2) is 53.4 Å². The van der Waals surface area contributed by atoms with Gasteiger partial charge in [-0.1, -0.05) is 49.7 Å². The highest BCUT2D eigenvalue weighted by Gasteiger charge is 2.28. The summed E-state index contributed by atoms with van der Waals surface area (Å²) in [6.45, 7) is 5.41. The first-order valence-corrected chi connectivity index (χ1v) is 11.3. The normalized spacial score (nSPS) is 16.5. The highest BCUT2D eigenvalue weighted by Crippen LogP contribution is 2.24. The van der Waals surface area contributed by atoms with E-state index >= 15 is 0 Å². The van der Waals surface area contributed by atoms with E-state index in [-0.39, 0.29) is 16.7 Å². The van der Waals surface area contributed by atoms with Crippen molar-refractivity contribution in [2.75, 3.05) is 19.6 Å². The number of amides is 1. The predicted octanol–water partition coefficient (Wildman–Crippen LogP) is 3.70. The van der Waals surface area contributed by atoms with Gasteiger partial charge >= 0.3 is 0 Å². The standard InChI is InChI=1S/C22H28N2O3S/c1-17-11-12-20(15-21(17)28(26,27)24-13-7-4-8-14-24)22(25)23-16-18(2)19-9-5-3-6-10-19/h3,5-6,9-12,15,18H,4,7-8,13-14,16H2,1-2H3,(H,23,25)/t18-/m1/s1. The second-order valence-electron chi connectivity index (χ2n) is 7.47. The SMILES string of the molecule is Cc1ccc(C(=O)NC[C@@H](C)c2ccccc2)cc1S(=O)(=O)N1CCCCC1. The molecule has 1 saturated heterocycles. The van der Waals surface area contributed by atoms with Crippen molar-refractivity contribution in [3.63, 3.8) is 0 Å². The first kappa shape index (κ1) is 20.6. The Morgan fingerprint density at radius 1 is 1.07 bits per heavy atom. The van der Waals surface area contributed by atoms with Gasteiger partial charge in [0, 0.05) is 25.2 Å². The Balaban J connectivity index is 1.74. The number of rotatable bonds is 6. The highest BCUT2D eigenvalue weighted by atomic mass is 32.2. The molecule has 2 aromatic carbocycles. The van der Waals surface area contributed by atoms with E-state index in [9.17, 15) is 13.2 Å². The predicted molar refractivity (Wildman–Crippen MR) is 111 cm³/mol. The summed E-state index contributed by atoms with van der Waals surface area (Å²) in [6.07, 6.45) is 2.83. The summed E-state index contributed by atoms with van der Waals surface area (Å²) in [7, 11) is -3.57. The molecule has 1 aliphatic heterocycles. The van der Waals surface area contributed by atoms with Gasteiger partial charge in [0.1, 0.15) is 0 Å². The molecule has 0 aromatic heterocycles. The lowest BCUT2D eigenvalue weighted by atomic mass is 10.0. The van der Waals surface area contributed by atoms with E-state index in [2.05, 4.69) is 12.2 Å². The molecule has 2 aromatic rings. The zero-order valence-electron chi connectivity index (χ0n) is 16.5. The first-order chi connectivity index (χ1) is 13.4. The lowest BCUT2D eigenvalue weighted by Crippen LogP contribution is -2.36. The van der Waals surface area contributed by atoms with Crippen LogP contribution in [0.3, 0.4) is 0 Å². The molecule has 1 amide bonds. The number of nitrogens with zero attached hydrogens (tertiary/aromatic N) is 1. The van der Waals surface area contributed by atoms with Crippen molar-refractivity contribution >= 4 is 15.9 Å².